The number of aromatic nitrogens is 1. The first-order valence-electron chi connectivity index (χ1n) is 9.71. The van der Waals surface area contributed by atoms with E-state index >= 15 is 0 Å². The van der Waals surface area contributed by atoms with Crippen LogP contribution < -0.4 is 5.32 Å². The maximum Gasteiger partial charge on any atom is 0.416 e. The molecule has 3 aromatic rings. The van der Waals surface area contributed by atoms with Gasteiger partial charge in [0.05, 0.1) is 21.9 Å². The van der Waals surface area contributed by atoms with Gasteiger partial charge < -0.3 is 9.88 Å². The fraction of sp³-hybridized carbons (Fsp3) is 0.364. The number of nitrogens with one attached hydrogen (secondary N) is 1. The van der Waals surface area contributed by atoms with Gasteiger partial charge in [-0.2, -0.15) is 13.2 Å². The lowest BCUT2D eigenvalue weighted by Gasteiger charge is -2.23. The summed E-state index contributed by atoms with van der Waals surface area (Å²) in [5.74, 6) is 0. The Hall–Kier alpha value is -2.12. The van der Waals surface area contributed by atoms with Crippen LogP contribution in [0.5, 0.6) is 0 Å². The largest absolute Gasteiger partial charge is 0.416 e. The van der Waals surface area contributed by atoms with E-state index in [2.05, 4.69) is 16.9 Å². The number of alkyl halides is 3. The van der Waals surface area contributed by atoms with Crippen LogP contribution >= 0.6 is 0 Å². The van der Waals surface area contributed by atoms with Crippen molar-refractivity contribution in [2.45, 2.75) is 54.2 Å². The number of benzene rings is 2. The van der Waals surface area contributed by atoms with Gasteiger partial charge in [-0.25, -0.2) is 4.21 Å². The zero-order valence-electron chi connectivity index (χ0n) is 16.1. The quantitative estimate of drug-likeness (QED) is 0.634. The van der Waals surface area contributed by atoms with Crippen molar-refractivity contribution in [3.63, 3.8) is 0 Å². The first-order valence-corrected chi connectivity index (χ1v) is 10.9. The summed E-state index contributed by atoms with van der Waals surface area (Å²) >= 11 is 0. The second kappa shape index (κ2) is 6.44. The molecule has 3 heterocycles. The fourth-order valence-corrected chi connectivity index (χ4v) is 6.19. The van der Waals surface area contributed by atoms with Crippen molar-refractivity contribution in [1.29, 1.82) is 0 Å². The van der Waals surface area contributed by atoms with Gasteiger partial charge in [0.15, 0.2) is 0 Å². The molecule has 7 heteroatoms. The lowest BCUT2D eigenvalue weighted by molar-refractivity contribution is -0.137. The third kappa shape index (κ3) is 2.94. The highest BCUT2D eigenvalue weighted by molar-refractivity contribution is 7.85. The molecule has 29 heavy (non-hydrogen) atoms. The van der Waals surface area contributed by atoms with Crippen LogP contribution in [-0.2, 0) is 30.4 Å². The first kappa shape index (κ1) is 18.9. The monoisotopic (exact) mass is 418 g/mol. The molecule has 3 unspecified atom stereocenters. The van der Waals surface area contributed by atoms with Crippen molar-refractivity contribution in [3.8, 4) is 0 Å². The highest BCUT2D eigenvalue weighted by Gasteiger charge is 2.36. The van der Waals surface area contributed by atoms with Gasteiger partial charge in [0.2, 0.25) is 0 Å². The van der Waals surface area contributed by atoms with Crippen molar-refractivity contribution < 1.29 is 17.4 Å². The second-order valence-electron chi connectivity index (χ2n) is 8.05. The van der Waals surface area contributed by atoms with E-state index in [-0.39, 0.29) is 4.90 Å². The van der Waals surface area contributed by atoms with E-state index in [4.69, 9.17) is 0 Å². The number of aryl methyl sites for hydroxylation is 2. The van der Waals surface area contributed by atoms with Crippen molar-refractivity contribution >= 4 is 21.7 Å². The Bertz CT molecular complexity index is 1170. The van der Waals surface area contributed by atoms with Crippen LogP contribution in [0.25, 0.3) is 10.9 Å². The minimum absolute atomic E-state index is 0.169. The van der Waals surface area contributed by atoms with Crippen molar-refractivity contribution in [2.75, 3.05) is 0 Å². The molecule has 0 amide bonds. The Morgan fingerprint density at radius 1 is 1.14 bits per heavy atom. The number of hydrogen-bond acceptors (Lipinski definition) is 2. The van der Waals surface area contributed by atoms with Crippen LogP contribution in [0.2, 0.25) is 0 Å². The van der Waals surface area contributed by atoms with E-state index in [1.54, 1.807) is 0 Å². The third-order valence-electron chi connectivity index (χ3n) is 6.23. The number of rotatable bonds is 2. The minimum Gasteiger partial charge on any atom is -0.347 e. The van der Waals surface area contributed by atoms with Crippen LogP contribution in [0, 0.1) is 6.92 Å². The standard InChI is InChI=1S/C22H21F3N2OS/c1-12-8-16(29(28)15-5-3-4-13(9-15)22(23,24)25)11-17-20-18-7-6-14(26-18)10-19(20)27(2)21(12)17/h3-5,8-9,11,14,18,26H,6-7,10H2,1-2H3. The van der Waals surface area contributed by atoms with E-state index in [0.717, 1.165) is 47.9 Å². The number of nitrogens with zero attached hydrogens (tertiary/aromatic N) is 1. The molecule has 1 fully saturated rings. The van der Waals surface area contributed by atoms with Gasteiger partial charge in [0, 0.05) is 46.4 Å². The van der Waals surface area contributed by atoms with Gasteiger partial charge in [-0.1, -0.05) is 6.07 Å². The summed E-state index contributed by atoms with van der Waals surface area (Å²) in [6.07, 6.45) is -1.25. The molecule has 3 nitrogen and oxygen atoms in total. The van der Waals surface area contributed by atoms with Gasteiger partial charge in [-0.3, -0.25) is 0 Å². The molecule has 0 radical (unpaired) electrons. The number of fused-ring (bicyclic) bond motifs is 6. The van der Waals surface area contributed by atoms with Gasteiger partial charge in [-0.05, 0) is 61.2 Å². The Labute approximate surface area is 169 Å². The summed E-state index contributed by atoms with van der Waals surface area (Å²) < 4.78 is 54.6. The Kier molecular flexibility index (Phi) is 4.19. The normalized spacial score (nSPS) is 22.1. The Morgan fingerprint density at radius 3 is 2.69 bits per heavy atom. The molecular formula is C22H21F3N2OS. The van der Waals surface area contributed by atoms with Crippen molar-refractivity contribution in [3.05, 3.63) is 58.8 Å². The molecule has 5 rings (SSSR count). The van der Waals surface area contributed by atoms with Crippen LogP contribution in [-0.4, -0.2) is 14.8 Å². The molecule has 2 aliphatic rings. The maximum atomic E-state index is 13.2. The van der Waals surface area contributed by atoms with E-state index in [9.17, 15) is 17.4 Å². The highest BCUT2D eigenvalue weighted by Crippen LogP contribution is 2.43. The van der Waals surface area contributed by atoms with Gasteiger partial charge >= 0.3 is 6.18 Å². The lowest BCUT2D eigenvalue weighted by atomic mass is 9.98. The molecule has 1 saturated heterocycles. The van der Waals surface area contributed by atoms with Crippen molar-refractivity contribution in [1.82, 2.24) is 9.88 Å². The van der Waals surface area contributed by atoms with Crippen LogP contribution in [0.3, 0.4) is 0 Å². The van der Waals surface area contributed by atoms with Crippen LogP contribution in [0.15, 0.2) is 46.2 Å². The molecule has 0 saturated carbocycles. The smallest absolute Gasteiger partial charge is 0.347 e. The summed E-state index contributed by atoms with van der Waals surface area (Å²) in [5.41, 5.74) is 3.91. The third-order valence-corrected chi connectivity index (χ3v) is 7.58. The predicted molar refractivity (Wildman–Crippen MR) is 106 cm³/mol. The molecule has 152 valence electrons. The molecule has 2 bridgehead atoms. The molecule has 0 aliphatic carbocycles. The molecule has 3 atom stereocenters. The zero-order valence-corrected chi connectivity index (χ0v) is 17.0. The highest BCUT2D eigenvalue weighted by atomic mass is 32.2. The topological polar surface area (TPSA) is 34.0 Å². The average molecular weight is 418 g/mol. The fourth-order valence-electron chi connectivity index (χ4n) is 4.98. The van der Waals surface area contributed by atoms with Gasteiger partial charge in [-0.15, -0.1) is 0 Å². The lowest BCUT2D eigenvalue weighted by Crippen LogP contribution is -2.32. The summed E-state index contributed by atoms with van der Waals surface area (Å²) in [4.78, 5) is 0.713. The van der Waals surface area contributed by atoms with Crippen LogP contribution in [0.1, 0.15) is 41.3 Å². The number of halogens is 3. The average Bonchev–Trinajstić information content (AvgIpc) is 3.19. The molecule has 1 aromatic heterocycles. The minimum atomic E-state index is -4.46. The maximum absolute atomic E-state index is 13.2. The Balaban J connectivity index is 1.65. The second-order valence-corrected chi connectivity index (χ2v) is 9.53. The first-order chi connectivity index (χ1) is 13.7. The summed E-state index contributed by atoms with van der Waals surface area (Å²) in [5, 5.41) is 4.73. The van der Waals surface area contributed by atoms with E-state index in [1.165, 1.54) is 23.4 Å². The zero-order chi connectivity index (χ0) is 20.5. The van der Waals surface area contributed by atoms with Gasteiger partial charge in [0.25, 0.3) is 0 Å². The van der Waals surface area contributed by atoms with E-state index < -0.39 is 22.5 Å². The van der Waals surface area contributed by atoms with Gasteiger partial charge in [0.1, 0.15) is 0 Å². The number of hydrogen-bond donors (Lipinski definition) is 1. The summed E-state index contributed by atoms with van der Waals surface area (Å²) in [7, 11) is 0.390. The summed E-state index contributed by atoms with van der Waals surface area (Å²) in [6.45, 7) is 1.98. The van der Waals surface area contributed by atoms with Crippen LogP contribution in [0.4, 0.5) is 13.2 Å². The SMILES string of the molecule is Cc1cc(S(=O)c2cccc(C(F)(F)F)c2)cc2c3c(n(C)c12)CC1CCC3N1. The van der Waals surface area contributed by atoms with E-state index in [0.29, 0.717) is 17.0 Å². The molecule has 2 aromatic carbocycles. The molecular weight excluding hydrogens is 397 g/mol. The predicted octanol–water partition coefficient (Wildman–Crippen LogP) is 5.02. The van der Waals surface area contributed by atoms with E-state index in [1.807, 2.05) is 19.1 Å². The molecule has 0 spiro atoms. The Morgan fingerprint density at radius 2 is 1.93 bits per heavy atom. The molecule has 1 N–H and O–H groups in total. The molecule has 2 aliphatic heterocycles. The van der Waals surface area contributed by atoms with Crippen molar-refractivity contribution in [2.24, 2.45) is 7.05 Å². The summed E-state index contributed by atoms with van der Waals surface area (Å²) in [6, 6.07) is 9.36.